The molecule has 0 radical (unpaired) electrons. The quantitative estimate of drug-likeness (QED) is 0.616. The van der Waals surface area contributed by atoms with Crippen LogP contribution in [0.15, 0.2) is 12.2 Å². The van der Waals surface area contributed by atoms with Gasteiger partial charge in [-0.05, 0) is 51.6 Å². The van der Waals surface area contributed by atoms with E-state index in [1.165, 1.54) is 25.7 Å². The Balaban J connectivity index is 0.000000497. The van der Waals surface area contributed by atoms with E-state index in [4.69, 9.17) is 9.90 Å². The zero-order valence-electron chi connectivity index (χ0n) is 12.6. The minimum Gasteiger partial charge on any atom is -0.483 e. The molecule has 2 aliphatic carbocycles. The van der Waals surface area contributed by atoms with Gasteiger partial charge in [-0.15, -0.1) is 0 Å². The van der Waals surface area contributed by atoms with E-state index in [2.05, 4.69) is 22.4 Å². The molecule has 0 bridgehead atoms. The topological polar surface area (TPSA) is 69.6 Å². The second kappa shape index (κ2) is 7.59. The van der Waals surface area contributed by atoms with Gasteiger partial charge in [-0.1, -0.05) is 25.0 Å². The van der Waals surface area contributed by atoms with Crippen LogP contribution in [0.2, 0.25) is 0 Å². The number of nitrogens with zero attached hydrogens (tertiary/aromatic N) is 1. The molecule has 1 saturated heterocycles. The fraction of sp³-hybridized carbons (Fsp3) is 0.750. The Morgan fingerprint density at radius 1 is 1.24 bits per heavy atom. The summed E-state index contributed by atoms with van der Waals surface area (Å²) < 4.78 is 0. The summed E-state index contributed by atoms with van der Waals surface area (Å²) in [4.78, 5) is 23.6. The molecule has 1 amide bonds. The summed E-state index contributed by atoms with van der Waals surface area (Å²) in [6.07, 6.45) is 13.6. The second-order valence-corrected chi connectivity index (χ2v) is 6.12. The lowest BCUT2D eigenvalue weighted by molar-refractivity contribution is -0.133. The molecule has 3 rings (SSSR count). The van der Waals surface area contributed by atoms with Gasteiger partial charge in [-0.3, -0.25) is 14.5 Å². The maximum atomic E-state index is 12.7. The number of carbonyl (C=O) groups excluding carboxylic acids is 1. The molecule has 5 heteroatoms. The first kappa shape index (κ1) is 16.0. The maximum absolute atomic E-state index is 12.7. The highest BCUT2D eigenvalue weighted by molar-refractivity contribution is 5.87. The van der Waals surface area contributed by atoms with Crippen molar-refractivity contribution in [3.8, 4) is 0 Å². The molecule has 1 unspecified atom stereocenters. The van der Waals surface area contributed by atoms with Gasteiger partial charge in [0.15, 0.2) is 0 Å². The van der Waals surface area contributed by atoms with Gasteiger partial charge in [0.2, 0.25) is 5.91 Å². The van der Waals surface area contributed by atoms with Gasteiger partial charge < -0.3 is 10.4 Å². The summed E-state index contributed by atoms with van der Waals surface area (Å²) in [6, 6.07) is 0.289. The predicted molar refractivity (Wildman–Crippen MR) is 81.0 cm³/mol. The van der Waals surface area contributed by atoms with Gasteiger partial charge in [0.05, 0.1) is 0 Å². The summed E-state index contributed by atoms with van der Waals surface area (Å²) in [5.41, 5.74) is -0.160. The number of hydrogen-bond acceptors (Lipinski definition) is 3. The van der Waals surface area contributed by atoms with E-state index in [1.54, 1.807) is 0 Å². The molecule has 1 atom stereocenters. The number of nitrogens with one attached hydrogen (secondary N) is 1. The molecule has 3 aliphatic rings. The summed E-state index contributed by atoms with van der Waals surface area (Å²) in [6.45, 7) is 1.99. The Morgan fingerprint density at radius 2 is 1.86 bits per heavy atom. The van der Waals surface area contributed by atoms with Crippen LogP contribution in [-0.4, -0.2) is 47.1 Å². The zero-order valence-corrected chi connectivity index (χ0v) is 12.6. The minimum absolute atomic E-state index is 0.160. The second-order valence-electron chi connectivity index (χ2n) is 6.12. The highest BCUT2D eigenvalue weighted by atomic mass is 16.3. The molecule has 1 saturated carbocycles. The van der Waals surface area contributed by atoms with E-state index in [9.17, 15) is 4.79 Å². The lowest BCUT2D eigenvalue weighted by Crippen LogP contribution is -2.57. The van der Waals surface area contributed by atoms with Crippen LogP contribution in [0, 0.1) is 0 Å². The van der Waals surface area contributed by atoms with E-state index in [0.29, 0.717) is 5.91 Å². The number of hydrogen-bond donors (Lipinski definition) is 2. The van der Waals surface area contributed by atoms with Crippen molar-refractivity contribution in [1.82, 2.24) is 10.2 Å². The van der Waals surface area contributed by atoms with Crippen molar-refractivity contribution in [2.24, 2.45) is 0 Å². The Morgan fingerprint density at radius 3 is 2.38 bits per heavy atom. The Labute approximate surface area is 126 Å². The van der Waals surface area contributed by atoms with Crippen LogP contribution in [0.1, 0.15) is 51.4 Å². The molecule has 0 spiro atoms. The van der Waals surface area contributed by atoms with Gasteiger partial charge in [-0.25, -0.2) is 0 Å². The highest BCUT2D eigenvalue weighted by Crippen LogP contribution is 2.37. The third-order valence-electron chi connectivity index (χ3n) is 4.89. The largest absolute Gasteiger partial charge is 0.483 e. The normalized spacial score (nSPS) is 27.1. The molecule has 21 heavy (non-hydrogen) atoms. The molecule has 118 valence electrons. The third-order valence-corrected chi connectivity index (χ3v) is 4.89. The fourth-order valence-electron chi connectivity index (χ4n) is 3.85. The lowest BCUT2D eigenvalue weighted by atomic mass is 9.93. The Bertz CT molecular complexity index is 383. The predicted octanol–water partition coefficient (Wildman–Crippen LogP) is 1.93. The van der Waals surface area contributed by atoms with Crippen molar-refractivity contribution >= 4 is 12.4 Å². The van der Waals surface area contributed by atoms with Crippen LogP contribution >= 0.6 is 0 Å². The molecule has 0 aromatic rings. The molecule has 1 aliphatic heterocycles. The minimum atomic E-state index is -0.250. The van der Waals surface area contributed by atoms with E-state index in [-0.39, 0.29) is 18.1 Å². The molecular weight excluding hydrogens is 268 g/mol. The van der Waals surface area contributed by atoms with E-state index >= 15 is 0 Å². The monoisotopic (exact) mass is 294 g/mol. The summed E-state index contributed by atoms with van der Waals surface area (Å²) in [5, 5.41) is 10.2. The van der Waals surface area contributed by atoms with E-state index in [1.807, 2.05) is 0 Å². The first-order chi connectivity index (χ1) is 10.2. The lowest BCUT2D eigenvalue weighted by Gasteiger charge is -2.38. The summed E-state index contributed by atoms with van der Waals surface area (Å²) in [7, 11) is 0. The van der Waals surface area contributed by atoms with Crippen LogP contribution in [-0.2, 0) is 9.59 Å². The van der Waals surface area contributed by atoms with E-state index < -0.39 is 0 Å². The molecule has 0 aromatic carbocycles. The average molecular weight is 294 g/mol. The van der Waals surface area contributed by atoms with Crippen molar-refractivity contribution < 1.29 is 14.7 Å². The van der Waals surface area contributed by atoms with Crippen molar-refractivity contribution in [2.45, 2.75) is 62.9 Å². The van der Waals surface area contributed by atoms with Gasteiger partial charge in [0.1, 0.15) is 5.54 Å². The first-order valence-corrected chi connectivity index (χ1v) is 8.03. The highest BCUT2D eigenvalue weighted by Gasteiger charge is 2.47. The first-order valence-electron chi connectivity index (χ1n) is 8.03. The molecule has 0 aromatic heterocycles. The standard InChI is InChI=1S/C15H24N2O.CH2O2/c18-14(16-13-7-1-2-8-13)15(9-3-4-10-15)17-11-5-6-12-17;2-1-3/h1,7,13H,2-6,8-12H2,(H,16,18);1H,(H,2,3). The summed E-state index contributed by atoms with van der Waals surface area (Å²) in [5.74, 6) is 0.304. The maximum Gasteiger partial charge on any atom is 0.290 e. The van der Waals surface area contributed by atoms with Crippen LogP contribution in [0.4, 0.5) is 0 Å². The number of carboxylic acid groups (broad SMARTS) is 1. The van der Waals surface area contributed by atoms with Crippen molar-refractivity contribution in [3.63, 3.8) is 0 Å². The molecule has 2 N–H and O–H groups in total. The van der Waals surface area contributed by atoms with Crippen molar-refractivity contribution in [1.29, 1.82) is 0 Å². The van der Waals surface area contributed by atoms with Crippen LogP contribution < -0.4 is 5.32 Å². The van der Waals surface area contributed by atoms with Gasteiger partial charge >= 0.3 is 0 Å². The number of carbonyl (C=O) groups is 2. The molecular formula is C16H26N2O3. The smallest absolute Gasteiger partial charge is 0.290 e. The number of allylic oxidation sites excluding steroid dienone is 1. The van der Waals surface area contributed by atoms with Crippen LogP contribution in [0.5, 0.6) is 0 Å². The fourth-order valence-corrected chi connectivity index (χ4v) is 3.85. The van der Waals surface area contributed by atoms with Crippen molar-refractivity contribution in [3.05, 3.63) is 12.2 Å². The van der Waals surface area contributed by atoms with Gasteiger partial charge in [-0.2, -0.15) is 0 Å². The molecule has 1 heterocycles. The third kappa shape index (κ3) is 3.64. The Hall–Kier alpha value is -1.36. The number of rotatable bonds is 3. The Kier molecular flexibility index (Phi) is 5.79. The number of amides is 1. The summed E-state index contributed by atoms with van der Waals surface area (Å²) >= 11 is 0. The molecule has 2 fully saturated rings. The molecule has 5 nitrogen and oxygen atoms in total. The van der Waals surface area contributed by atoms with Crippen molar-refractivity contribution in [2.75, 3.05) is 13.1 Å². The average Bonchev–Trinajstić information content (AvgIpc) is 3.22. The SMILES string of the molecule is O=C(NC1C=CCC1)C1(N2CCCC2)CCCC1.O=CO. The van der Waals surface area contributed by atoms with Gasteiger partial charge in [0.25, 0.3) is 6.47 Å². The van der Waals surface area contributed by atoms with Gasteiger partial charge in [0, 0.05) is 6.04 Å². The number of likely N-dealkylation sites (tertiary alicyclic amines) is 1. The van der Waals surface area contributed by atoms with Crippen LogP contribution in [0.25, 0.3) is 0 Å². The van der Waals surface area contributed by atoms with E-state index in [0.717, 1.165) is 38.8 Å². The van der Waals surface area contributed by atoms with Crippen LogP contribution in [0.3, 0.4) is 0 Å². The zero-order chi connectivity index (χ0) is 15.1.